The van der Waals surface area contributed by atoms with Crippen molar-refractivity contribution in [2.45, 2.75) is 13.0 Å². The predicted molar refractivity (Wildman–Crippen MR) is 127 cm³/mol. The van der Waals surface area contributed by atoms with Gasteiger partial charge < -0.3 is 20.7 Å². The van der Waals surface area contributed by atoms with Crippen LogP contribution in [0.3, 0.4) is 0 Å². The first-order chi connectivity index (χ1) is 16.3. The lowest BCUT2D eigenvalue weighted by Gasteiger charge is -2.24. The van der Waals surface area contributed by atoms with Crippen molar-refractivity contribution in [3.63, 3.8) is 0 Å². The molecule has 0 saturated heterocycles. The summed E-state index contributed by atoms with van der Waals surface area (Å²) in [6.07, 6.45) is 0.478. The zero-order valence-electron chi connectivity index (χ0n) is 18.5. The SMILES string of the molecule is COc1ccccc1C(=O)Nc1ccc(Cl)c(CN(CCCN)C(=O)c2cc(F)cc(F)c2)c1. The number of nitrogens with one attached hydrogen (secondary N) is 1. The number of anilines is 1. The molecule has 0 unspecified atom stereocenters. The van der Waals surface area contributed by atoms with E-state index in [9.17, 15) is 18.4 Å². The summed E-state index contributed by atoms with van der Waals surface area (Å²) in [5.41, 5.74) is 6.84. The lowest BCUT2D eigenvalue weighted by atomic mass is 10.1. The van der Waals surface area contributed by atoms with Gasteiger partial charge in [-0.15, -0.1) is 0 Å². The number of hydrogen-bond donors (Lipinski definition) is 2. The molecule has 3 rings (SSSR count). The van der Waals surface area contributed by atoms with Gasteiger partial charge >= 0.3 is 0 Å². The number of methoxy groups -OCH3 is 1. The van der Waals surface area contributed by atoms with Gasteiger partial charge in [-0.25, -0.2) is 8.78 Å². The highest BCUT2D eigenvalue weighted by Gasteiger charge is 2.19. The molecule has 0 fully saturated rings. The van der Waals surface area contributed by atoms with Gasteiger partial charge in [-0.2, -0.15) is 0 Å². The molecule has 0 bridgehead atoms. The van der Waals surface area contributed by atoms with Crippen LogP contribution in [-0.2, 0) is 6.54 Å². The van der Waals surface area contributed by atoms with Crippen LogP contribution in [0.1, 0.15) is 32.7 Å². The van der Waals surface area contributed by atoms with E-state index < -0.39 is 17.5 Å². The molecule has 0 atom stereocenters. The van der Waals surface area contributed by atoms with E-state index in [1.165, 1.54) is 12.0 Å². The summed E-state index contributed by atoms with van der Waals surface area (Å²) in [6.45, 7) is 0.625. The Morgan fingerprint density at radius 2 is 1.76 bits per heavy atom. The fraction of sp³-hybridized carbons (Fsp3) is 0.200. The Kier molecular flexibility index (Phi) is 8.56. The first kappa shape index (κ1) is 25.1. The number of nitrogens with zero attached hydrogens (tertiary/aromatic N) is 1. The average molecular weight is 488 g/mol. The van der Waals surface area contributed by atoms with Crippen LogP contribution >= 0.6 is 11.6 Å². The smallest absolute Gasteiger partial charge is 0.259 e. The number of nitrogens with two attached hydrogens (primary N) is 1. The minimum atomic E-state index is -0.846. The van der Waals surface area contributed by atoms with Crippen LogP contribution in [0.2, 0.25) is 5.02 Å². The molecular formula is C25H24ClF2N3O3. The Hall–Kier alpha value is -3.49. The van der Waals surface area contributed by atoms with Gasteiger partial charge in [0.15, 0.2) is 0 Å². The van der Waals surface area contributed by atoms with E-state index in [1.807, 2.05) is 0 Å². The van der Waals surface area contributed by atoms with Crippen molar-refractivity contribution in [3.05, 3.63) is 94.0 Å². The lowest BCUT2D eigenvalue weighted by molar-refractivity contribution is 0.0741. The maximum atomic E-state index is 13.7. The summed E-state index contributed by atoms with van der Waals surface area (Å²) in [4.78, 5) is 27.2. The Bertz CT molecular complexity index is 1170. The maximum absolute atomic E-state index is 13.7. The molecule has 3 N–H and O–H groups in total. The third kappa shape index (κ3) is 6.30. The highest BCUT2D eigenvalue weighted by molar-refractivity contribution is 6.31. The Morgan fingerprint density at radius 3 is 2.44 bits per heavy atom. The van der Waals surface area contributed by atoms with Gasteiger partial charge in [0.1, 0.15) is 17.4 Å². The van der Waals surface area contributed by atoms with Gasteiger partial charge in [0, 0.05) is 35.4 Å². The van der Waals surface area contributed by atoms with Crippen molar-refractivity contribution >= 4 is 29.1 Å². The Labute approximate surface area is 201 Å². The molecule has 0 saturated carbocycles. The summed E-state index contributed by atoms with van der Waals surface area (Å²) in [5.74, 6) is -2.21. The second-order valence-electron chi connectivity index (χ2n) is 7.49. The van der Waals surface area contributed by atoms with Crippen molar-refractivity contribution in [2.24, 2.45) is 5.73 Å². The van der Waals surface area contributed by atoms with Gasteiger partial charge in [-0.3, -0.25) is 9.59 Å². The zero-order valence-corrected chi connectivity index (χ0v) is 19.2. The lowest BCUT2D eigenvalue weighted by Crippen LogP contribution is -2.33. The molecule has 0 aromatic heterocycles. The number of carbonyl (C=O) groups excluding carboxylic acids is 2. The molecule has 178 valence electrons. The molecule has 34 heavy (non-hydrogen) atoms. The van der Waals surface area contributed by atoms with E-state index in [4.69, 9.17) is 22.1 Å². The van der Waals surface area contributed by atoms with Crippen LogP contribution in [0.5, 0.6) is 5.75 Å². The summed E-state index contributed by atoms with van der Waals surface area (Å²) >= 11 is 6.36. The van der Waals surface area contributed by atoms with Crippen molar-refractivity contribution in [3.8, 4) is 5.75 Å². The van der Waals surface area contributed by atoms with Gasteiger partial charge in [0.2, 0.25) is 0 Å². The minimum absolute atomic E-state index is 0.0498. The van der Waals surface area contributed by atoms with Crippen LogP contribution < -0.4 is 15.8 Å². The van der Waals surface area contributed by atoms with Gasteiger partial charge in [0.05, 0.1) is 12.7 Å². The molecule has 0 radical (unpaired) electrons. The van der Waals surface area contributed by atoms with Crippen LogP contribution in [0.15, 0.2) is 60.7 Å². The molecular weight excluding hydrogens is 464 g/mol. The first-order valence-corrected chi connectivity index (χ1v) is 10.9. The quantitative estimate of drug-likeness (QED) is 0.451. The first-order valence-electron chi connectivity index (χ1n) is 10.5. The van der Waals surface area contributed by atoms with E-state index in [1.54, 1.807) is 42.5 Å². The van der Waals surface area contributed by atoms with Gasteiger partial charge in [-0.05, 0) is 61.0 Å². The molecule has 9 heteroatoms. The summed E-state index contributed by atoms with van der Waals surface area (Å²) in [6, 6.07) is 14.3. The number of rotatable bonds is 9. The highest BCUT2D eigenvalue weighted by atomic mass is 35.5. The Balaban J connectivity index is 1.84. The largest absolute Gasteiger partial charge is 0.496 e. The van der Waals surface area contributed by atoms with Crippen molar-refractivity contribution in [1.29, 1.82) is 0 Å². The number of ether oxygens (including phenoxy) is 1. The number of amides is 2. The van der Waals surface area contributed by atoms with Crippen LogP contribution in [0.4, 0.5) is 14.5 Å². The average Bonchev–Trinajstić information content (AvgIpc) is 2.82. The number of halogens is 3. The monoisotopic (exact) mass is 487 g/mol. The summed E-state index contributed by atoms with van der Waals surface area (Å²) in [7, 11) is 1.48. The molecule has 3 aromatic carbocycles. The van der Waals surface area contributed by atoms with Crippen molar-refractivity contribution < 1.29 is 23.1 Å². The van der Waals surface area contributed by atoms with Crippen molar-refractivity contribution in [2.75, 3.05) is 25.5 Å². The van der Waals surface area contributed by atoms with E-state index >= 15 is 0 Å². The summed E-state index contributed by atoms with van der Waals surface area (Å²) < 4.78 is 32.6. The summed E-state index contributed by atoms with van der Waals surface area (Å²) in [5, 5.41) is 3.16. The molecule has 3 aromatic rings. The third-order valence-electron chi connectivity index (χ3n) is 5.05. The Morgan fingerprint density at radius 1 is 1.06 bits per heavy atom. The zero-order chi connectivity index (χ0) is 24.7. The molecule has 0 heterocycles. The molecule has 0 aliphatic rings. The van der Waals surface area contributed by atoms with E-state index in [-0.39, 0.29) is 24.6 Å². The van der Waals surface area contributed by atoms with E-state index in [0.29, 0.717) is 46.6 Å². The van der Waals surface area contributed by atoms with Crippen molar-refractivity contribution in [1.82, 2.24) is 4.90 Å². The number of para-hydroxylation sites is 1. The normalized spacial score (nSPS) is 10.6. The van der Waals surface area contributed by atoms with E-state index in [0.717, 1.165) is 12.1 Å². The fourth-order valence-electron chi connectivity index (χ4n) is 3.40. The highest BCUT2D eigenvalue weighted by Crippen LogP contribution is 2.25. The molecule has 2 amide bonds. The second-order valence-corrected chi connectivity index (χ2v) is 7.89. The third-order valence-corrected chi connectivity index (χ3v) is 5.41. The van der Waals surface area contributed by atoms with Gasteiger partial charge in [-0.1, -0.05) is 23.7 Å². The number of benzene rings is 3. The van der Waals surface area contributed by atoms with Crippen LogP contribution in [0, 0.1) is 11.6 Å². The van der Waals surface area contributed by atoms with E-state index in [2.05, 4.69) is 5.32 Å². The maximum Gasteiger partial charge on any atom is 0.259 e. The molecule has 0 aliphatic heterocycles. The van der Waals surface area contributed by atoms with Crippen LogP contribution in [-0.4, -0.2) is 36.9 Å². The number of hydrogen-bond acceptors (Lipinski definition) is 4. The molecule has 0 spiro atoms. The second kappa shape index (κ2) is 11.6. The number of carbonyl (C=O) groups is 2. The molecule has 0 aliphatic carbocycles. The standard InChI is InChI=1S/C25H24ClF2N3O3/c1-34-23-6-3-2-5-21(23)24(32)30-20-7-8-22(26)17(13-20)15-31(10-4-9-29)25(33)16-11-18(27)14-19(28)12-16/h2-3,5-8,11-14H,4,9-10,15,29H2,1H3,(H,30,32). The fourth-order valence-corrected chi connectivity index (χ4v) is 3.58. The van der Waals surface area contributed by atoms with Gasteiger partial charge in [0.25, 0.3) is 11.8 Å². The molecule has 6 nitrogen and oxygen atoms in total. The topological polar surface area (TPSA) is 84.7 Å². The minimum Gasteiger partial charge on any atom is -0.496 e. The predicted octanol–water partition coefficient (Wildman–Crippen LogP) is 4.87. The van der Waals surface area contributed by atoms with Crippen LogP contribution in [0.25, 0.3) is 0 Å².